The lowest BCUT2D eigenvalue weighted by Crippen LogP contribution is -2.18. The molecular formula is C14H18N4. The Morgan fingerprint density at radius 1 is 1.28 bits per heavy atom. The first kappa shape index (κ1) is 11.3. The van der Waals surface area contributed by atoms with Crippen molar-refractivity contribution in [3.63, 3.8) is 0 Å². The van der Waals surface area contributed by atoms with Gasteiger partial charge >= 0.3 is 0 Å². The summed E-state index contributed by atoms with van der Waals surface area (Å²) in [7, 11) is 0. The van der Waals surface area contributed by atoms with E-state index in [2.05, 4.69) is 38.8 Å². The lowest BCUT2D eigenvalue weighted by molar-refractivity contribution is 0.667. The fraction of sp³-hybridized carbons (Fsp3) is 0.357. The molecule has 0 aliphatic carbocycles. The maximum Gasteiger partial charge on any atom is 0.120 e. The number of fused-ring (bicyclic) bond motifs is 1. The van der Waals surface area contributed by atoms with Gasteiger partial charge in [0.25, 0.3) is 0 Å². The molecule has 4 nitrogen and oxygen atoms in total. The third-order valence-electron chi connectivity index (χ3n) is 3.32. The van der Waals surface area contributed by atoms with Crippen molar-refractivity contribution in [1.82, 2.24) is 15.3 Å². The standard InChI is InChI=1S/C14H18N4/c1-3-11-5-2-6-18-14(11)12(4-1)9-15-10-13-16-7-8-17-13/h1,3-4,7-8,15,18H,2,5-6,9-10H2,(H,16,17). The Hall–Kier alpha value is -1.81. The van der Waals surface area contributed by atoms with Gasteiger partial charge in [-0.05, 0) is 24.0 Å². The van der Waals surface area contributed by atoms with Crippen LogP contribution < -0.4 is 10.6 Å². The SMILES string of the molecule is c1cc2c(c(CNCc3ncc[nH]3)c1)NCCC2. The number of anilines is 1. The second-order valence-corrected chi connectivity index (χ2v) is 4.62. The molecule has 0 saturated carbocycles. The Morgan fingerprint density at radius 2 is 2.28 bits per heavy atom. The van der Waals surface area contributed by atoms with Crippen molar-refractivity contribution in [2.75, 3.05) is 11.9 Å². The van der Waals surface area contributed by atoms with Crippen molar-refractivity contribution in [2.24, 2.45) is 0 Å². The van der Waals surface area contributed by atoms with Crippen molar-refractivity contribution in [3.8, 4) is 0 Å². The van der Waals surface area contributed by atoms with Crippen LogP contribution in [0.25, 0.3) is 0 Å². The fourth-order valence-corrected chi connectivity index (χ4v) is 2.44. The number of aromatic nitrogens is 2. The highest BCUT2D eigenvalue weighted by Crippen LogP contribution is 2.25. The summed E-state index contributed by atoms with van der Waals surface area (Å²) in [6, 6.07) is 6.56. The summed E-state index contributed by atoms with van der Waals surface area (Å²) in [5, 5.41) is 6.93. The van der Waals surface area contributed by atoms with Crippen LogP contribution in [0.2, 0.25) is 0 Å². The van der Waals surface area contributed by atoms with Gasteiger partial charge in [0, 0.05) is 31.2 Å². The summed E-state index contributed by atoms with van der Waals surface area (Å²) in [6.45, 7) is 2.73. The molecule has 0 radical (unpaired) electrons. The molecule has 0 spiro atoms. The molecule has 1 aromatic carbocycles. The summed E-state index contributed by atoms with van der Waals surface area (Å²) in [4.78, 5) is 7.30. The molecule has 2 aromatic rings. The van der Waals surface area contributed by atoms with Gasteiger partial charge in [-0.1, -0.05) is 18.2 Å². The number of nitrogens with zero attached hydrogens (tertiary/aromatic N) is 1. The zero-order valence-corrected chi connectivity index (χ0v) is 10.4. The minimum atomic E-state index is 0.774. The molecule has 3 N–H and O–H groups in total. The monoisotopic (exact) mass is 242 g/mol. The summed E-state index contributed by atoms with van der Waals surface area (Å²) in [5.41, 5.74) is 4.12. The second kappa shape index (κ2) is 5.23. The van der Waals surface area contributed by atoms with E-state index in [1.54, 1.807) is 6.20 Å². The van der Waals surface area contributed by atoms with Crippen LogP contribution in [0.5, 0.6) is 0 Å². The molecule has 0 fully saturated rings. The van der Waals surface area contributed by atoms with Crippen molar-refractivity contribution in [3.05, 3.63) is 47.5 Å². The molecule has 4 heteroatoms. The van der Waals surface area contributed by atoms with E-state index >= 15 is 0 Å². The first-order valence-corrected chi connectivity index (χ1v) is 6.47. The first-order valence-electron chi connectivity index (χ1n) is 6.47. The van der Waals surface area contributed by atoms with E-state index in [9.17, 15) is 0 Å². The maximum atomic E-state index is 4.20. The van der Waals surface area contributed by atoms with Crippen LogP contribution in [0.4, 0.5) is 5.69 Å². The zero-order valence-electron chi connectivity index (χ0n) is 10.4. The molecule has 0 amide bonds. The Balaban J connectivity index is 1.65. The highest BCUT2D eigenvalue weighted by molar-refractivity contribution is 5.59. The predicted molar refractivity (Wildman–Crippen MR) is 72.4 cm³/mol. The number of hydrogen-bond acceptors (Lipinski definition) is 3. The van der Waals surface area contributed by atoms with Crippen molar-refractivity contribution in [1.29, 1.82) is 0 Å². The molecule has 2 heterocycles. The fourth-order valence-electron chi connectivity index (χ4n) is 2.44. The number of rotatable bonds is 4. The third kappa shape index (κ3) is 2.38. The Labute approximate surface area is 107 Å². The van der Waals surface area contributed by atoms with E-state index in [0.717, 1.165) is 25.5 Å². The lowest BCUT2D eigenvalue weighted by Gasteiger charge is -2.21. The minimum Gasteiger partial charge on any atom is -0.385 e. The number of hydrogen-bond donors (Lipinski definition) is 3. The van der Waals surface area contributed by atoms with E-state index in [1.807, 2.05) is 6.20 Å². The maximum absolute atomic E-state index is 4.20. The van der Waals surface area contributed by atoms with Gasteiger partial charge in [-0.25, -0.2) is 4.98 Å². The minimum absolute atomic E-state index is 0.774. The van der Waals surface area contributed by atoms with Crippen LogP contribution in [0.3, 0.4) is 0 Å². The van der Waals surface area contributed by atoms with Gasteiger partial charge in [0.05, 0.1) is 6.54 Å². The third-order valence-corrected chi connectivity index (χ3v) is 3.32. The molecule has 1 aliphatic heterocycles. The summed E-state index contributed by atoms with van der Waals surface area (Å²) in [6.07, 6.45) is 6.05. The second-order valence-electron chi connectivity index (χ2n) is 4.62. The van der Waals surface area contributed by atoms with Crippen LogP contribution in [0.1, 0.15) is 23.4 Å². The molecule has 94 valence electrons. The van der Waals surface area contributed by atoms with Crippen LogP contribution in [0.15, 0.2) is 30.6 Å². The predicted octanol–water partition coefficient (Wildman–Crippen LogP) is 2.06. The molecule has 3 rings (SSSR count). The van der Waals surface area contributed by atoms with Crippen molar-refractivity contribution in [2.45, 2.75) is 25.9 Å². The van der Waals surface area contributed by atoms with Crippen molar-refractivity contribution >= 4 is 5.69 Å². The van der Waals surface area contributed by atoms with E-state index < -0.39 is 0 Å². The first-order chi connectivity index (χ1) is 8.93. The van der Waals surface area contributed by atoms with E-state index in [0.29, 0.717) is 0 Å². The highest BCUT2D eigenvalue weighted by atomic mass is 15.0. The van der Waals surface area contributed by atoms with Crippen molar-refractivity contribution < 1.29 is 0 Å². The number of benzene rings is 1. The van der Waals surface area contributed by atoms with Gasteiger partial charge in [0.15, 0.2) is 0 Å². The van der Waals surface area contributed by atoms with Gasteiger partial charge in [-0.2, -0.15) is 0 Å². The Bertz CT molecular complexity index is 505. The number of aryl methyl sites for hydroxylation is 1. The molecular weight excluding hydrogens is 224 g/mol. The number of H-pyrrole nitrogens is 1. The average Bonchev–Trinajstić information content (AvgIpc) is 2.92. The largest absolute Gasteiger partial charge is 0.385 e. The van der Waals surface area contributed by atoms with E-state index in [1.165, 1.54) is 29.7 Å². The zero-order chi connectivity index (χ0) is 12.2. The van der Waals surface area contributed by atoms with Gasteiger partial charge in [-0.3, -0.25) is 0 Å². The van der Waals surface area contributed by atoms with Gasteiger partial charge in [-0.15, -0.1) is 0 Å². The highest BCUT2D eigenvalue weighted by Gasteiger charge is 2.11. The number of imidazole rings is 1. The number of para-hydroxylation sites is 1. The van der Waals surface area contributed by atoms with E-state index in [4.69, 9.17) is 0 Å². The molecule has 0 atom stereocenters. The molecule has 1 aliphatic rings. The van der Waals surface area contributed by atoms with E-state index in [-0.39, 0.29) is 0 Å². The van der Waals surface area contributed by atoms with Crippen LogP contribution in [-0.2, 0) is 19.5 Å². The van der Waals surface area contributed by atoms with Crippen LogP contribution >= 0.6 is 0 Å². The molecule has 0 bridgehead atoms. The summed E-state index contributed by atoms with van der Waals surface area (Å²) in [5.74, 6) is 0.979. The normalized spacial score (nSPS) is 14.0. The topological polar surface area (TPSA) is 52.7 Å². The number of nitrogens with one attached hydrogen (secondary N) is 3. The summed E-state index contributed by atoms with van der Waals surface area (Å²) < 4.78 is 0. The van der Waals surface area contributed by atoms with Crippen LogP contribution in [-0.4, -0.2) is 16.5 Å². The van der Waals surface area contributed by atoms with Gasteiger partial charge in [0.1, 0.15) is 5.82 Å². The smallest absolute Gasteiger partial charge is 0.120 e. The molecule has 0 unspecified atom stereocenters. The van der Waals surface area contributed by atoms with Gasteiger partial charge < -0.3 is 15.6 Å². The van der Waals surface area contributed by atoms with Crippen LogP contribution in [0, 0.1) is 0 Å². The molecule has 1 aromatic heterocycles. The average molecular weight is 242 g/mol. The Morgan fingerprint density at radius 3 is 3.17 bits per heavy atom. The summed E-state index contributed by atoms with van der Waals surface area (Å²) >= 11 is 0. The quantitative estimate of drug-likeness (QED) is 0.769. The molecule has 18 heavy (non-hydrogen) atoms. The Kier molecular flexibility index (Phi) is 3.28. The van der Waals surface area contributed by atoms with Gasteiger partial charge in [0.2, 0.25) is 0 Å². The number of aromatic amines is 1. The lowest BCUT2D eigenvalue weighted by atomic mass is 9.99. The molecule has 0 saturated heterocycles.